The van der Waals surface area contributed by atoms with Crippen LogP contribution >= 0.6 is 23.1 Å². The van der Waals surface area contributed by atoms with Crippen molar-refractivity contribution in [3.05, 3.63) is 76.0 Å². The molecule has 128 valence electrons. The largest absolute Gasteiger partial charge is 0.325 e. The average molecular weight is 372 g/mol. The second kappa shape index (κ2) is 8.27. The van der Waals surface area contributed by atoms with Gasteiger partial charge in [-0.15, -0.1) is 23.1 Å². The maximum Gasteiger partial charge on any atom is 0.231 e. The van der Waals surface area contributed by atoms with Gasteiger partial charge in [0.2, 0.25) is 5.91 Å². The van der Waals surface area contributed by atoms with Crippen molar-refractivity contribution in [2.24, 2.45) is 0 Å². The number of aromatic nitrogens is 1. The third kappa shape index (κ3) is 4.90. The maximum atomic E-state index is 13.6. The highest BCUT2D eigenvalue weighted by molar-refractivity contribution is 7.98. The quantitative estimate of drug-likeness (QED) is 0.615. The van der Waals surface area contributed by atoms with Crippen molar-refractivity contribution in [1.29, 1.82) is 0 Å². The molecule has 2 aromatic carbocycles. The lowest BCUT2D eigenvalue weighted by Gasteiger charge is -2.06. The number of para-hydroxylation sites is 1. The Morgan fingerprint density at radius 2 is 1.96 bits per heavy atom. The van der Waals surface area contributed by atoms with E-state index >= 15 is 0 Å². The molecule has 0 bridgehead atoms. The van der Waals surface area contributed by atoms with Gasteiger partial charge in [0.05, 0.1) is 12.1 Å². The zero-order valence-corrected chi connectivity index (χ0v) is 15.3. The minimum atomic E-state index is -0.222. The minimum Gasteiger partial charge on any atom is -0.325 e. The molecule has 0 aliphatic carbocycles. The summed E-state index contributed by atoms with van der Waals surface area (Å²) in [6, 6.07) is 14.4. The average Bonchev–Trinajstić information content (AvgIpc) is 3.03. The molecule has 0 saturated heterocycles. The number of anilines is 1. The number of benzene rings is 2. The van der Waals surface area contributed by atoms with Gasteiger partial charge >= 0.3 is 0 Å². The summed E-state index contributed by atoms with van der Waals surface area (Å²) >= 11 is 2.86. The number of aryl methyl sites for hydroxylation is 1. The van der Waals surface area contributed by atoms with Crippen LogP contribution in [-0.2, 0) is 17.0 Å². The topological polar surface area (TPSA) is 42.0 Å². The van der Waals surface area contributed by atoms with Crippen LogP contribution in [0.3, 0.4) is 0 Å². The van der Waals surface area contributed by atoms with Crippen LogP contribution in [0.2, 0.25) is 0 Å². The Bertz CT molecular complexity index is 879. The maximum absolute atomic E-state index is 13.6. The second-order valence-corrected chi connectivity index (χ2v) is 7.45. The van der Waals surface area contributed by atoms with Gasteiger partial charge in [-0.2, -0.15) is 0 Å². The standard InChI is InChI=1S/C19H17FN2OS2/c1-13-6-2-4-8-16(13)22-18(23)10-19-21-14(12-25-19)11-24-17-9-5-3-7-15(17)20/h2-9,12H,10-11H2,1H3,(H,22,23). The predicted octanol–water partition coefficient (Wildman–Crippen LogP) is 5.06. The van der Waals surface area contributed by atoms with E-state index in [4.69, 9.17) is 0 Å². The molecule has 0 spiro atoms. The first-order chi connectivity index (χ1) is 12.1. The highest BCUT2D eigenvalue weighted by Gasteiger charge is 2.10. The first-order valence-corrected chi connectivity index (χ1v) is 9.64. The Morgan fingerprint density at radius 3 is 2.76 bits per heavy atom. The van der Waals surface area contributed by atoms with Gasteiger partial charge in [0.25, 0.3) is 0 Å². The molecule has 3 aromatic rings. The molecule has 0 unspecified atom stereocenters. The van der Waals surface area contributed by atoms with Crippen LogP contribution in [0, 0.1) is 12.7 Å². The number of halogens is 1. The number of thioether (sulfide) groups is 1. The normalized spacial score (nSPS) is 10.6. The molecule has 3 rings (SSSR count). The molecule has 0 aliphatic rings. The zero-order chi connectivity index (χ0) is 17.6. The number of carbonyl (C=O) groups is 1. The third-order valence-corrected chi connectivity index (χ3v) is 5.52. The highest BCUT2D eigenvalue weighted by atomic mass is 32.2. The van der Waals surface area contributed by atoms with Crippen molar-refractivity contribution in [2.45, 2.75) is 24.0 Å². The molecular weight excluding hydrogens is 355 g/mol. The van der Waals surface area contributed by atoms with Gasteiger partial charge in [-0.3, -0.25) is 4.79 Å². The van der Waals surface area contributed by atoms with Gasteiger partial charge in [-0.1, -0.05) is 30.3 Å². The number of hydrogen-bond acceptors (Lipinski definition) is 4. The van der Waals surface area contributed by atoms with Gasteiger partial charge in [-0.05, 0) is 30.7 Å². The van der Waals surface area contributed by atoms with E-state index in [1.165, 1.54) is 29.2 Å². The molecule has 1 amide bonds. The van der Waals surface area contributed by atoms with E-state index < -0.39 is 0 Å². The van der Waals surface area contributed by atoms with Crippen molar-refractivity contribution < 1.29 is 9.18 Å². The number of thiazole rings is 1. The summed E-state index contributed by atoms with van der Waals surface area (Å²) in [5.74, 6) is 0.272. The summed E-state index contributed by atoms with van der Waals surface area (Å²) in [5.41, 5.74) is 2.70. The van der Waals surface area contributed by atoms with Gasteiger partial charge in [0.15, 0.2) is 0 Å². The molecule has 0 fully saturated rings. The van der Waals surface area contributed by atoms with Crippen molar-refractivity contribution >= 4 is 34.7 Å². The van der Waals surface area contributed by atoms with Gasteiger partial charge in [0, 0.05) is 21.7 Å². The van der Waals surface area contributed by atoms with E-state index in [0.29, 0.717) is 10.6 Å². The van der Waals surface area contributed by atoms with Crippen LogP contribution < -0.4 is 5.32 Å². The molecule has 3 nitrogen and oxygen atoms in total. The van der Waals surface area contributed by atoms with Crippen molar-refractivity contribution in [3.63, 3.8) is 0 Å². The Balaban J connectivity index is 1.55. The number of nitrogens with one attached hydrogen (secondary N) is 1. The lowest BCUT2D eigenvalue weighted by Crippen LogP contribution is -2.15. The van der Waals surface area contributed by atoms with Crippen LogP contribution in [0.4, 0.5) is 10.1 Å². The Labute approximate surface area is 154 Å². The van der Waals surface area contributed by atoms with Crippen LogP contribution in [0.15, 0.2) is 58.8 Å². The molecule has 6 heteroatoms. The van der Waals surface area contributed by atoms with E-state index in [1.807, 2.05) is 42.6 Å². The van der Waals surface area contributed by atoms with E-state index in [0.717, 1.165) is 22.0 Å². The fourth-order valence-electron chi connectivity index (χ4n) is 2.25. The lowest BCUT2D eigenvalue weighted by molar-refractivity contribution is -0.115. The van der Waals surface area contributed by atoms with Crippen molar-refractivity contribution in [1.82, 2.24) is 4.98 Å². The van der Waals surface area contributed by atoms with Gasteiger partial charge < -0.3 is 5.32 Å². The fourth-order valence-corrected chi connectivity index (χ4v) is 3.98. The Hall–Kier alpha value is -2.18. The number of carbonyl (C=O) groups excluding carboxylic acids is 1. The molecule has 0 saturated carbocycles. The summed E-state index contributed by atoms with van der Waals surface area (Å²) < 4.78 is 13.6. The van der Waals surface area contributed by atoms with Gasteiger partial charge in [0.1, 0.15) is 10.8 Å². The SMILES string of the molecule is Cc1ccccc1NC(=O)Cc1nc(CSc2ccccc2F)cs1. The second-order valence-electron chi connectivity index (χ2n) is 5.49. The summed E-state index contributed by atoms with van der Waals surface area (Å²) in [4.78, 5) is 17.2. The molecule has 1 aromatic heterocycles. The summed E-state index contributed by atoms with van der Waals surface area (Å²) in [6.07, 6.45) is 0.239. The number of hydrogen-bond donors (Lipinski definition) is 1. The fraction of sp³-hybridized carbons (Fsp3) is 0.158. The molecule has 0 radical (unpaired) electrons. The first-order valence-electron chi connectivity index (χ1n) is 7.78. The van der Waals surface area contributed by atoms with E-state index in [2.05, 4.69) is 10.3 Å². The van der Waals surface area contributed by atoms with Crippen LogP contribution in [0.5, 0.6) is 0 Å². The van der Waals surface area contributed by atoms with Crippen LogP contribution in [0.25, 0.3) is 0 Å². The Morgan fingerprint density at radius 1 is 1.20 bits per heavy atom. The highest BCUT2D eigenvalue weighted by Crippen LogP contribution is 2.26. The molecule has 1 N–H and O–H groups in total. The van der Waals surface area contributed by atoms with Crippen LogP contribution in [-0.4, -0.2) is 10.9 Å². The molecule has 1 heterocycles. The van der Waals surface area contributed by atoms with Gasteiger partial charge in [-0.25, -0.2) is 9.37 Å². The molecule has 0 aliphatic heterocycles. The van der Waals surface area contributed by atoms with Crippen LogP contribution in [0.1, 0.15) is 16.3 Å². The van der Waals surface area contributed by atoms with Crippen molar-refractivity contribution in [3.8, 4) is 0 Å². The minimum absolute atomic E-state index is 0.0862. The zero-order valence-electron chi connectivity index (χ0n) is 13.7. The predicted molar refractivity (Wildman–Crippen MR) is 102 cm³/mol. The Kier molecular flexibility index (Phi) is 5.83. The number of rotatable bonds is 6. The van der Waals surface area contributed by atoms with E-state index in [1.54, 1.807) is 12.1 Å². The molecule has 25 heavy (non-hydrogen) atoms. The summed E-state index contributed by atoms with van der Waals surface area (Å²) in [5, 5.41) is 5.59. The molecule has 0 atom stereocenters. The lowest BCUT2D eigenvalue weighted by atomic mass is 10.2. The first kappa shape index (κ1) is 17.6. The molecular formula is C19H17FN2OS2. The summed E-state index contributed by atoms with van der Waals surface area (Å²) in [7, 11) is 0. The van der Waals surface area contributed by atoms with Crippen molar-refractivity contribution in [2.75, 3.05) is 5.32 Å². The third-order valence-electron chi connectivity index (χ3n) is 3.54. The van der Waals surface area contributed by atoms with E-state index in [-0.39, 0.29) is 18.1 Å². The number of nitrogens with zero attached hydrogens (tertiary/aromatic N) is 1. The summed E-state index contributed by atoms with van der Waals surface area (Å²) in [6.45, 7) is 1.96. The smallest absolute Gasteiger partial charge is 0.231 e. The van der Waals surface area contributed by atoms with E-state index in [9.17, 15) is 9.18 Å². The number of amides is 1. The monoisotopic (exact) mass is 372 g/mol.